The number of thiophene rings is 1. The lowest BCUT2D eigenvalue weighted by atomic mass is 10.1. The molecule has 0 unspecified atom stereocenters. The molecule has 2 rings (SSSR count). The quantitative estimate of drug-likeness (QED) is 0.385. The second-order valence-corrected chi connectivity index (χ2v) is 4.52. The number of hydrogen-bond acceptors (Lipinski definition) is 4. The van der Waals surface area contributed by atoms with E-state index in [9.17, 15) is 0 Å². The minimum atomic E-state index is -1.25. The summed E-state index contributed by atoms with van der Waals surface area (Å²) < 4.78 is 0. The zero-order chi connectivity index (χ0) is 15.7. The van der Waals surface area contributed by atoms with Gasteiger partial charge in [0.05, 0.1) is 4.88 Å². The summed E-state index contributed by atoms with van der Waals surface area (Å²) >= 11 is 1.60. The molecule has 0 aliphatic carbocycles. The van der Waals surface area contributed by atoms with E-state index in [0.717, 1.165) is 16.2 Å². The first-order chi connectivity index (χ1) is 10.0. The van der Waals surface area contributed by atoms with Gasteiger partial charge in [0.25, 0.3) is 0 Å². The Balaban J connectivity index is 0.000000491. The number of guanidine groups is 1. The molecule has 9 heteroatoms. The molecule has 0 bridgehead atoms. The first kappa shape index (κ1) is 16.1. The van der Waals surface area contributed by atoms with Crippen molar-refractivity contribution < 1.29 is 15.5 Å². The Kier molecular flexibility index (Phi) is 6.35. The minimum Gasteiger partial charge on any atom is -0.369 e. The molecule has 2 aromatic rings. The molecule has 0 fully saturated rings. The van der Waals surface area contributed by atoms with Gasteiger partial charge in [-0.05, 0) is 11.4 Å². The van der Waals surface area contributed by atoms with Crippen molar-refractivity contribution in [3.05, 3.63) is 63.2 Å². The zero-order valence-corrected chi connectivity index (χ0v) is 11.6. The Hall–Kier alpha value is -2.94. The largest absolute Gasteiger partial charge is 0.472 e. The van der Waals surface area contributed by atoms with E-state index in [0.29, 0.717) is 0 Å². The van der Waals surface area contributed by atoms with Gasteiger partial charge in [0.15, 0.2) is 0 Å². The molecule has 0 aliphatic heterocycles. The van der Waals surface area contributed by atoms with Crippen LogP contribution in [0, 0.1) is 4.91 Å². The molecule has 0 aliphatic rings. The highest BCUT2D eigenvalue weighted by molar-refractivity contribution is 7.12. The summed E-state index contributed by atoms with van der Waals surface area (Å²) in [5, 5.41) is 22.3. The SMILES string of the molecule is NC(N)=N/N=C(\c1ccccc1)c1cccs1.O=[N+](O)O. The molecule has 0 saturated heterocycles. The van der Waals surface area contributed by atoms with Crippen LogP contribution in [-0.4, -0.2) is 27.2 Å². The van der Waals surface area contributed by atoms with E-state index in [1.165, 1.54) is 0 Å². The minimum absolute atomic E-state index is 0.0463. The predicted octanol–water partition coefficient (Wildman–Crippen LogP) is 1.32. The molecule has 1 heterocycles. The number of nitrogens with two attached hydrogens (primary N) is 2. The van der Waals surface area contributed by atoms with Gasteiger partial charge in [-0.1, -0.05) is 36.4 Å². The third-order valence-electron chi connectivity index (χ3n) is 2.07. The zero-order valence-electron chi connectivity index (χ0n) is 10.8. The average molecular weight is 308 g/mol. The first-order valence-electron chi connectivity index (χ1n) is 5.61. The van der Waals surface area contributed by atoms with Gasteiger partial charge in [-0.3, -0.25) is 0 Å². The van der Waals surface area contributed by atoms with E-state index in [1.807, 2.05) is 47.8 Å². The highest BCUT2D eigenvalue weighted by Crippen LogP contribution is 2.16. The molecule has 1 aromatic heterocycles. The molecule has 0 saturated carbocycles. The normalized spacial score (nSPS) is 10.2. The van der Waals surface area contributed by atoms with Crippen LogP contribution in [0.5, 0.6) is 0 Å². The summed E-state index contributed by atoms with van der Waals surface area (Å²) in [4.78, 5) is 9.50. The highest BCUT2D eigenvalue weighted by atomic mass is 32.1. The highest BCUT2D eigenvalue weighted by Gasteiger charge is 2.07. The first-order valence-corrected chi connectivity index (χ1v) is 6.49. The molecule has 0 amide bonds. The molecule has 21 heavy (non-hydrogen) atoms. The van der Waals surface area contributed by atoms with Crippen LogP contribution in [-0.2, 0) is 0 Å². The lowest BCUT2D eigenvalue weighted by molar-refractivity contribution is -0.969. The molecule has 0 radical (unpaired) electrons. The fourth-order valence-corrected chi connectivity index (χ4v) is 2.10. The third kappa shape index (κ3) is 6.16. The van der Waals surface area contributed by atoms with Gasteiger partial charge in [0.2, 0.25) is 5.96 Å². The van der Waals surface area contributed by atoms with Crippen molar-refractivity contribution in [2.45, 2.75) is 0 Å². The van der Waals surface area contributed by atoms with Crippen LogP contribution < -0.4 is 11.5 Å². The van der Waals surface area contributed by atoms with Gasteiger partial charge in [0, 0.05) is 5.56 Å². The molecule has 1 aromatic carbocycles. The van der Waals surface area contributed by atoms with E-state index in [-0.39, 0.29) is 5.96 Å². The lowest BCUT2D eigenvalue weighted by Gasteiger charge is -2.01. The average Bonchev–Trinajstić information content (AvgIpc) is 2.93. The molecule has 6 N–H and O–H groups in total. The van der Waals surface area contributed by atoms with Crippen LogP contribution in [0.25, 0.3) is 0 Å². The van der Waals surface area contributed by atoms with Gasteiger partial charge >= 0.3 is 5.09 Å². The smallest absolute Gasteiger partial charge is 0.369 e. The van der Waals surface area contributed by atoms with Gasteiger partial charge in [0.1, 0.15) is 10.6 Å². The Morgan fingerprint density at radius 1 is 1.05 bits per heavy atom. The van der Waals surface area contributed by atoms with Crippen LogP contribution in [0.15, 0.2) is 58.0 Å². The fraction of sp³-hybridized carbons (Fsp3) is 0. The standard InChI is InChI=1S/C12H12N4S.H2NO3/c13-12(14)16-15-11(10-7-4-8-17-10)9-5-2-1-3-6-9;2-1(3)4/h1-8H,(H4,13,14,16);(H2,2,3,4)/q;+1/b15-11+;. The Labute approximate surface area is 124 Å². The van der Waals surface area contributed by atoms with Crippen molar-refractivity contribution >= 4 is 23.0 Å². The Morgan fingerprint density at radius 3 is 2.14 bits per heavy atom. The van der Waals surface area contributed by atoms with E-state index < -0.39 is 5.09 Å². The van der Waals surface area contributed by atoms with Crippen LogP contribution in [0.1, 0.15) is 10.4 Å². The van der Waals surface area contributed by atoms with E-state index >= 15 is 0 Å². The number of hydrogen-bond donors (Lipinski definition) is 4. The van der Waals surface area contributed by atoms with E-state index in [2.05, 4.69) is 10.2 Å². The van der Waals surface area contributed by atoms with Crippen molar-refractivity contribution in [1.82, 2.24) is 0 Å². The Bertz CT molecular complexity index is 618. The molecule has 0 spiro atoms. The predicted molar refractivity (Wildman–Crippen MR) is 79.4 cm³/mol. The van der Waals surface area contributed by atoms with Crippen LogP contribution in [0.3, 0.4) is 0 Å². The Morgan fingerprint density at radius 2 is 1.67 bits per heavy atom. The summed E-state index contributed by atoms with van der Waals surface area (Å²) in [5.41, 5.74) is 12.4. The molecule has 0 atom stereocenters. The maximum Gasteiger partial charge on any atom is 0.472 e. The maximum absolute atomic E-state index is 8.47. The topological polar surface area (TPSA) is 137 Å². The van der Waals surface area contributed by atoms with Crippen molar-refractivity contribution in [3.8, 4) is 0 Å². The fourth-order valence-electron chi connectivity index (χ4n) is 1.37. The molecule has 8 nitrogen and oxygen atoms in total. The lowest BCUT2D eigenvalue weighted by Crippen LogP contribution is -2.22. The van der Waals surface area contributed by atoms with Crippen LogP contribution in [0.4, 0.5) is 0 Å². The maximum atomic E-state index is 8.47. The van der Waals surface area contributed by atoms with Gasteiger partial charge in [-0.15, -0.1) is 21.5 Å². The third-order valence-corrected chi connectivity index (χ3v) is 2.94. The van der Waals surface area contributed by atoms with Crippen LogP contribution >= 0.6 is 11.3 Å². The molecular weight excluding hydrogens is 294 g/mol. The second kappa shape index (κ2) is 8.27. The molecule has 110 valence electrons. The van der Waals surface area contributed by atoms with Crippen LogP contribution in [0.2, 0.25) is 0 Å². The second-order valence-electron chi connectivity index (χ2n) is 3.57. The number of nitrogens with zero attached hydrogens (tertiary/aromatic N) is 3. The summed E-state index contributed by atoms with van der Waals surface area (Å²) in [6.07, 6.45) is 0. The number of rotatable bonds is 3. The summed E-state index contributed by atoms with van der Waals surface area (Å²) in [6, 6.07) is 13.8. The molecular formula is C12H14N5O3S+. The monoisotopic (exact) mass is 308 g/mol. The van der Waals surface area contributed by atoms with Gasteiger partial charge in [-0.2, -0.15) is 0 Å². The van der Waals surface area contributed by atoms with Crippen molar-refractivity contribution in [3.63, 3.8) is 0 Å². The van der Waals surface area contributed by atoms with Crippen molar-refractivity contribution in [2.75, 3.05) is 0 Å². The number of benzene rings is 1. The van der Waals surface area contributed by atoms with Gasteiger partial charge < -0.3 is 11.5 Å². The van der Waals surface area contributed by atoms with E-state index in [1.54, 1.807) is 11.3 Å². The summed E-state index contributed by atoms with van der Waals surface area (Å²) in [6.45, 7) is 0. The van der Waals surface area contributed by atoms with E-state index in [4.69, 9.17) is 26.8 Å². The van der Waals surface area contributed by atoms with Crippen molar-refractivity contribution in [2.24, 2.45) is 21.7 Å². The van der Waals surface area contributed by atoms with Gasteiger partial charge in [-0.25, -0.2) is 10.4 Å². The van der Waals surface area contributed by atoms with Crippen molar-refractivity contribution in [1.29, 1.82) is 0 Å². The summed E-state index contributed by atoms with van der Waals surface area (Å²) in [5.74, 6) is -0.0463. The summed E-state index contributed by atoms with van der Waals surface area (Å²) in [7, 11) is 0.